The summed E-state index contributed by atoms with van der Waals surface area (Å²) in [5.74, 6) is 0.469. The van der Waals surface area contributed by atoms with Gasteiger partial charge in [0.25, 0.3) is 0 Å². The summed E-state index contributed by atoms with van der Waals surface area (Å²) < 4.78 is 10.9. The van der Waals surface area contributed by atoms with E-state index in [1.165, 1.54) is 6.07 Å². The van der Waals surface area contributed by atoms with E-state index in [2.05, 4.69) is 0 Å². The Morgan fingerprint density at radius 2 is 1.90 bits per heavy atom. The topological polar surface area (TPSA) is 100 Å². The summed E-state index contributed by atoms with van der Waals surface area (Å²) in [5, 5.41) is 32.9. The average Bonchev–Trinajstić information content (AvgIpc) is 2.64. The van der Waals surface area contributed by atoms with Gasteiger partial charge in [-0.2, -0.15) is 0 Å². The van der Waals surface area contributed by atoms with E-state index in [1.807, 2.05) is 26.8 Å². The van der Waals surface area contributed by atoms with Gasteiger partial charge in [0.05, 0.1) is 23.9 Å². The molecule has 6 nitrogen and oxygen atoms in total. The highest BCUT2D eigenvalue weighted by atomic mass is 16.5. The van der Waals surface area contributed by atoms with Crippen molar-refractivity contribution < 1.29 is 24.5 Å². The van der Waals surface area contributed by atoms with Gasteiger partial charge in [0.2, 0.25) is 0 Å². The molecule has 1 aromatic carbocycles. The molecule has 0 amide bonds. The van der Waals surface area contributed by atoms with Crippen LogP contribution in [-0.4, -0.2) is 39.2 Å². The summed E-state index contributed by atoms with van der Waals surface area (Å²) in [6.45, 7) is 7.90. The lowest BCUT2D eigenvalue weighted by atomic mass is 9.58. The molecule has 30 heavy (non-hydrogen) atoms. The van der Waals surface area contributed by atoms with Crippen LogP contribution in [0, 0.1) is 11.3 Å². The van der Waals surface area contributed by atoms with E-state index < -0.39 is 28.3 Å². The molecule has 0 saturated heterocycles. The lowest BCUT2D eigenvalue weighted by Crippen LogP contribution is -2.54. The van der Waals surface area contributed by atoms with Gasteiger partial charge >= 0.3 is 5.63 Å². The SMILES string of the molecule is CC(O)(CCOc1ccc2ccc(=O)oc2c1)CCC1C(C)(O)CCC(O)C1(C)C. The first kappa shape index (κ1) is 22.8. The van der Waals surface area contributed by atoms with Crippen LogP contribution in [0.2, 0.25) is 0 Å². The second-order valence-electron chi connectivity index (χ2n) is 9.87. The van der Waals surface area contributed by atoms with Crippen LogP contribution < -0.4 is 10.4 Å². The molecule has 0 spiro atoms. The Balaban J connectivity index is 1.57. The second kappa shape index (κ2) is 8.33. The third kappa shape index (κ3) is 5.05. The monoisotopic (exact) mass is 418 g/mol. The fourth-order valence-electron chi connectivity index (χ4n) is 4.79. The molecule has 4 atom stereocenters. The van der Waals surface area contributed by atoms with Crippen LogP contribution in [0.5, 0.6) is 5.75 Å². The number of fused-ring (bicyclic) bond motifs is 1. The van der Waals surface area contributed by atoms with Crippen molar-refractivity contribution in [2.24, 2.45) is 11.3 Å². The van der Waals surface area contributed by atoms with Crippen molar-refractivity contribution in [1.29, 1.82) is 0 Å². The average molecular weight is 419 g/mol. The van der Waals surface area contributed by atoms with E-state index in [9.17, 15) is 20.1 Å². The van der Waals surface area contributed by atoms with Crippen molar-refractivity contribution in [3.63, 3.8) is 0 Å². The molecule has 1 saturated carbocycles. The number of rotatable bonds is 7. The minimum Gasteiger partial charge on any atom is -0.493 e. The molecule has 1 aliphatic rings. The first-order valence-corrected chi connectivity index (χ1v) is 10.7. The predicted octanol–water partition coefficient (Wildman–Crippen LogP) is 3.64. The normalized spacial score (nSPS) is 28.2. The van der Waals surface area contributed by atoms with Gasteiger partial charge in [0.15, 0.2) is 0 Å². The van der Waals surface area contributed by atoms with Gasteiger partial charge < -0.3 is 24.5 Å². The molecule has 0 aliphatic heterocycles. The molecule has 3 rings (SSSR count). The highest BCUT2D eigenvalue weighted by molar-refractivity contribution is 5.77. The van der Waals surface area contributed by atoms with E-state index in [-0.39, 0.29) is 5.92 Å². The van der Waals surface area contributed by atoms with Crippen LogP contribution in [0.15, 0.2) is 39.5 Å². The molecule has 166 valence electrons. The van der Waals surface area contributed by atoms with E-state index in [0.29, 0.717) is 50.0 Å². The van der Waals surface area contributed by atoms with Gasteiger partial charge in [-0.15, -0.1) is 0 Å². The zero-order chi connectivity index (χ0) is 22.2. The van der Waals surface area contributed by atoms with Gasteiger partial charge in [0.1, 0.15) is 11.3 Å². The van der Waals surface area contributed by atoms with Crippen molar-refractivity contribution in [1.82, 2.24) is 0 Å². The Kier molecular flexibility index (Phi) is 6.33. The maximum atomic E-state index is 11.4. The van der Waals surface area contributed by atoms with Crippen molar-refractivity contribution in [2.45, 2.75) is 77.1 Å². The van der Waals surface area contributed by atoms with Crippen LogP contribution in [0.1, 0.15) is 59.8 Å². The van der Waals surface area contributed by atoms with Gasteiger partial charge in [-0.3, -0.25) is 0 Å². The highest BCUT2D eigenvalue weighted by Gasteiger charge is 2.50. The molecule has 3 N–H and O–H groups in total. The van der Waals surface area contributed by atoms with Crippen LogP contribution in [0.4, 0.5) is 0 Å². The molecule has 2 aromatic rings. The maximum Gasteiger partial charge on any atom is 0.336 e. The van der Waals surface area contributed by atoms with E-state index in [0.717, 1.165) is 5.39 Å². The minimum atomic E-state index is -0.960. The van der Waals surface area contributed by atoms with E-state index in [1.54, 1.807) is 25.1 Å². The van der Waals surface area contributed by atoms with E-state index in [4.69, 9.17) is 9.15 Å². The Morgan fingerprint density at radius 1 is 1.20 bits per heavy atom. The summed E-state index contributed by atoms with van der Waals surface area (Å²) in [5.41, 5.74) is -2.17. The molecule has 0 bridgehead atoms. The molecule has 1 aliphatic carbocycles. The van der Waals surface area contributed by atoms with Crippen molar-refractivity contribution in [3.05, 3.63) is 40.8 Å². The summed E-state index contributed by atoms with van der Waals surface area (Å²) >= 11 is 0. The van der Waals surface area contributed by atoms with Crippen LogP contribution in [-0.2, 0) is 0 Å². The number of ether oxygens (including phenoxy) is 1. The lowest BCUT2D eigenvalue weighted by molar-refractivity contribution is -0.150. The number of hydrogen-bond acceptors (Lipinski definition) is 6. The quantitative estimate of drug-likeness (QED) is 0.594. The van der Waals surface area contributed by atoms with Crippen LogP contribution >= 0.6 is 0 Å². The van der Waals surface area contributed by atoms with Gasteiger partial charge in [-0.1, -0.05) is 13.8 Å². The number of aliphatic hydroxyl groups excluding tert-OH is 1. The summed E-state index contributed by atoms with van der Waals surface area (Å²) in [7, 11) is 0. The number of hydrogen-bond donors (Lipinski definition) is 3. The molecule has 1 fully saturated rings. The Labute approximate surface area is 177 Å². The summed E-state index contributed by atoms with van der Waals surface area (Å²) in [4.78, 5) is 11.4. The van der Waals surface area contributed by atoms with Crippen LogP contribution in [0.25, 0.3) is 11.0 Å². The van der Waals surface area contributed by atoms with Gasteiger partial charge in [0, 0.05) is 23.9 Å². The highest BCUT2D eigenvalue weighted by Crippen LogP contribution is 2.49. The molecule has 1 aromatic heterocycles. The second-order valence-corrected chi connectivity index (χ2v) is 9.87. The maximum absolute atomic E-state index is 11.4. The third-order valence-electron chi connectivity index (χ3n) is 6.91. The molecule has 4 unspecified atom stereocenters. The smallest absolute Gasteiger partial charge is 0.336 e. The summed E-state index contributed by atoms with van der Waals surface area (Å²) in [6.07, 6.45) is 2.23. The fraction of sp³-hybridized carbons (Fsp3) is 0.625. The van der Waals surface area contributed by atoms with Gasteiger partial charge in [-0.05, 0) is 69.1 Å². The first-order chi connectivity index (χ1) is 13.9. The molecule has 1 heterocycles. The Hall–Kier alpha value is -1.89. The van der Waals surface area contributed by atoms with Crippen LogP contribution in [0.3, 0.4) is 0 Å². The summed E-state index contributed by atoms with van der Waals surface area (Å²) in [6, 6.07) is 8.39. The fourth-order valence-corrected chi connectivity index (χ4v) is 4.79. The zero-order valence-electron chi connectivity index (χ0n) is 18.4. The largest absolute Gasteiger partial charge is 0.493 e. The number of benzene rings is 1. The first-order valence-electron chi connectivity index (χ1n) is 10.7. The molecular weight excluding hydrogens is 384 g/mol. The lowest BCUT2D eigenvalue weighted by Gasteiger charge is -2.51. The zero-order valence-corrected chi connectivity index (χ0v) is 18.4. The van der Waals surface area contributed by atoms with E-state index >= 15 is 0 Å². The van der Waals surface area contributed by atoms with Crippen molar-refractivity contribution in [2.75, 3.05) is 6.61 Å². The number of aliphatic hydroxyl groups is 3. The Morgan fingerprint density at radius 3 is 2.63 bits per heavy atom. The minimum absolute atomic E-state index is 0.107. The molecular formula is C24H34O6. The van der Waals surface area contributed by atoms with Crippen molar-refractivity contribution >= 4 is 11.0 Å². The third-order valence-corrected chi connectivity index (χ3v) is 6.91. The Bertz CT molecular complexity index is 927. The molecule has 6 heteroatoms. The standard InChI is InChI=1S/C24H34O6/c1-22(2)19(24(4,28)12-10-20(22)25)9-11-23(3,27)13-14-29-17-7-5-16-6-8-21(26)30-18(16)15-17/h5-8,15,19-20,25,27-28H,9-14H2,1-4H3. The van der Waals surface area contributed by atoms with Gasteiger partial charge in [-0.25, -0.2) is 4.79 Å². The predicted molar refractivity (Wildman–Crippen MR) is 116 cm³/mol. The molecule has 0 radical (unpaired) electrons. The van der Waals surface area contributed by atoms with Crippen molar-refractivity contribution in [3.8, 4) is 5.75 Å².